The van der Waals surface area contributed by atoms with E-state index in [1.807, 2.05) is 20.2 Å². The molecular formula is C12H15N5O3. The van der Waals surface area contributed by atoms with Crippen LogP contribution in [0.1, 0.15) is 11.3 Å². The topological polar surface area (TPSA) is 95.1 Å². The van der Waals surface area contributed by atoms with Crippen molar-refractivity contribution in [2.45, 2.75) is 13.5 Å². The molecule has 106 valence electrons. The Morgan fingerprint density at radius 1 is 1.50 bits per heavy atom. The Morgan fingerprint density at radius 3 is 2.80 bits per heavy atom. The Kier molecular flexibility index (Phi) is 3.83. The zero-order valence-corrected chi connectivity index (χ0v) is 11.5. The smallest absolute Gasteiger partial charge is 0.311 e. The maximum absolute atomic E-state index is 11.0. The molecule has 1 N–H and O–H groups in total. The first-order valence-corrected chi connectivity index (χ1v) is 5.93. The fourth-order valence-corrected chi connectivity index (χ4v) is 1.83. The molecule has 8 nitrogen and oxygen atoms in total. The molecule has 2 aromatic heterocycles. The Labute approximate surface area is 115 Å². The van der Waals surface area contributed by atoms with Crippen molar-refractivity contribution in [2.75, 3.05) is 12.4 Å². The Morgan fingerprint density at radius 2 is 2.25 bits per heavy atom. The molecule has 8 heteroatoms. The first kappa shape index (κ1) is 13.8. The molecule has 0 aliphatic heterocycles. The summed E-state index contributed by atoms with van der Waals surface area (Å²) in [5.74, 6) is 0.499. The molecule has 0 aliphatic carbocycles. The lowest BCUT2D eigenvalue weighted by atomic mass is 10.2. The number of aromatic nitrogens is 3. The molecular weight excluding hydrogens is 262 g/mol. The quantitative estimate of drug-likeness (QED) is 0.659. The minimum atomic E-state index is -0.481. The van der Waals surface area contributed by atoms with Crippen LogP contribution in [0.4, 0.5) is 11.5 Å². The van der Waals surface area contributed by atoms with Crippen molar-refractivity contribution in [1.82, 2.24) is 14.8 Å². The van der Waals surface area contributed by atoms with Crippen LogP contribution < -0.4 is 10.1 Å². The van der Waals surface area contributed by atoms with Crippen LogP contribution in [0.3, 0.4) is 0 Å². The van der Waals surface area contributed by atoms with Crippen LogP contribution in [0.5, 0.6) is 5.88 Å². The molecule has 0 bridgehead atoms. The molecule has 0 saturated heterocycles. The monoisotopic (exact) mass is 277 g/mol. The van der Waals surface area contributed by atoms with Gasteiger partial charge in [-0.25, -0.2) is 0 Å². The average Bonchev–Trinajstić information content (AvgIpc) is 2.74. The zero-order valence-electron chi connectivity index (χ0n) is 11.5. The number of rotatable bonds is 5. The van der Waals surface area contributed by atoms with Crippen LogP contribution in [-0.4, -0.2) is 26.8 Å². The van der Waals surface area contributed by atoms with Crippen molar-refractivity contribution < 1.29 is 9.66 Å². The summed E-state index contributed by atoms with van der Waals surface area (Å²) in [7, 11) is 3.28. The molecule has 2 heterocycles. The van der Waals surface area contributed by atoms with Gasteiger partial charge in [-0.2, -0.15) is 10.1 Å². The van der Waals surface area contributed by atoms with Crippen LogP contribution in [0.15, 0.2) is 18.3 Å². The number of pyridine rings is 1. The van der Waals surface area contributed by atoms with Gasteiger partial charge in [-0.05, 0) is 6.92 Å². The van der Waals surface area contributed by atoms with Gasteiger partial charge in [0.2, 0.25) is 11.7 Å². The van der Waals surface area contributed by atoms with Crippen molar-refractivity contribution in [3.63, 3.8) is 0 Å². The SMILES string of the molecule is COc1ccc([N+](=O)[O-])c(NCc2cn(C)nc2C)n1. The first-order chi connectivity index (χ1) is 9.51. The number of hydrogen-bond acceptors (Lipinski definition) is 6. The van der Waals surface area contributed by atoms with Gasteiger partial charge in [-0.15, -0.1) is 0 Å². The Hall–Kier alpha value is -2.64. The second kappa shape index (κ2) is 5.55. The van der Waals surface area contributed by atoms with Crippen LogP contribution in [0, 0.1) is 17.0 Å². The lowest BCUT2D eigenvalue weighted by Crippen LogP contribution is -2.05. The number of nitrogens with zero attached hydrogens (tertiary/aromatic N) is 4. The first-order valence-electron chi connectivity index (χ1n) is 5.93. The average molecular weight is 277 g/mol. The molecule has 2 aromatic rings. The summed E-state index contributed by atoms with van der Waals surface area (Å²) in [6.07, 6.45) is 1.86. The van der Waals surface area contributed by atoms with Crippen molar-refractivity contribution >= 4 is 11.5 Å². The van der Waals surface area contributed by atoms with Gasteiger partial charge in [0.15, 0.2) is 0 Å². The highest BCUT2D eigenvalue weighted by Crippen LogP contribution is 2.25. The molecule has 0 spiro atoms. The maximum atomic E-state index is 11.0. The lowest BCUT2D eigenvalue weighted by molar-refractivity contribution is -0.384. The third-order valence-corrected chi connectivity index (χ3v) is 2.82. The number of anilines is 1. The Balaban J connectivity index is 2.23. The molecule has 0 radical (unpaired) electrons. The van der Waals surface area contributed by atoms with E-state index in [4.69, 9.17) is 4.74 Å². The van der Waals surface area contributed by atoms with Crippen molar-refractivity contribution in [3.05, 3.63) is 39.7 Å². The summed E-state index contributed by atoms with van der Waals surface area (Å²) in [5, 5.41) is 18.1. The number of nitro groups is 1. The van der Waals surface area contributed by atoms with Gasteiger partial charge in [0, 0.05) is 37.5 Å². The summed E-state index contributed by atoms with van der Waals surface area (Å²) < 4.78 is 6.67. The second-order valence-electron chi connectivity index (χ2n) is 4.25. The molecule has 0 aliphatic rings. The van der Waals surface area contributed by atoms with Crippen molar-refractivity contribution in [2.24, 2.45) is 7.05 Å². The van der Waals surface area contributed by atoms with Gasteiger partial charge in [-0.1, -0.05) is 0 Å². The number of nitrogens with one attached hydrogen (secondary N) is 1. The lowest BCUT2D eigenvalue weighted by Gasteiger charge is -2.07. The third kappa shape index (κ3) is 2.85. The van der Waals surface area contributed by atoms with Crippen LogP contribution in [0.25, 0.3) is 0 Å². The van der Waals surface area contributed by atoms with E-state index in [9.17, 15) is 10.1 Å². The van der Waals surface area contributed by atoms with E-state index in [-0.39, 0.29) is 11.5 Å². The van der Waals surface area contributed by atoms with E-state index >= 15 is 0 Å². The molecule has 0 saturated carbocycles. The molecule has 2 rings (SSSR count). The number of methoxy groups -OCH3 is 1. The minimum absolute atomic E-state index is 0.0904. The minimum Gasteiger partial charge on any atom is -0.481 e. The highest BCUT2D eigenvalue weighted by Gasteiger charge is 2.16. The van der Waals surface area contributed by atoms with Gasteiger partial charge in [0.25, 0.3) is 0 Å². The summed E-state index contributed by atoms with van der Waals surface area (Å²) in [5.41, 5.74) is 1.73. The standard InChI is InChI=1S/C12H15N5O3/c1-8-9(7-16(2)15-8)6-13-12-10(17(18)19)4-5-11(14-12)20-3/h4-5,7H,6H2,1-3H3,(H,13,14). The van der Waals surface area contributed by atoms with E-state index in [1.165, 1.54) is 19.2 Å². The van der Waals surface area contributed by atoms with E-state index < -0.39 is 4.92 Å². The zero-order chi connectivity index (χ0) is 14.7. The summed E-state index contributed by atoms with van der Waals surface area (Å²) in [4.78, 5) is 14.6. The second-order valence-corrected chi connectivity index (χ2v) is 4.25. The summed E-state index contributed by atoms with van der Waals surface area (Å²) in [6, 6.07) is 2.82. The van der Waals surface area contributed by atoms with Crippen LogP contribution in [-0.2, 0) is 13.6 Å². The van der Waals surface area contributed by atoms with Gasteiger partial charge in [-0.3, -0.25) is 14.8 Å². The van der Waals surface area contributed by atoms with Gasteiger partial charge in [0.05, 0.1) is 17.7 Å². The predicted molar refractivity (Wildman–Crippen MR) is 72.7 cm³/mol. The molecule has 0 aromatic carbocycles. The Bertz CT molecular complexity index is 638. The maximum Gasteiger partial charge on any atom is 0.311 e. The number of ether oxygens (including phenoxy) is 1. The van der Waals surface area contributed by atoms with E-state index in [0.29, 0.717) is 12.4 Å². The van der Waals surface area contributed by atoms with Gasteiger partial charge >= 0.3 is 5.69 Å². The van der Waals surface area contributed by atoms with E-state index in [1.54, 1.807) is 4.68 Å². The molecule has 0 atom stereocenters. The summed E-state index contributed by atoms with van der Waals surface area (Å²) >= 11 is 0. The van der Waals surface area contributed by atoms with Crippen molar-refractivity contribution in [1.29, 1.82) is 0 Å². The van der Waals surface area contributed by atoms with Crippen molar-refractivity contribution in [3.8, 4) is 5.88 Å². The summed E-state index contributed by atoms with van der Waals surface area (Å²) in [6.45, 7) is 2.28. The number of hydrogen-bond donors (Lipinski definition) is 1. The molecule has 0 unspecified atom stereocenters. The predicted octanol–water partition coefficient (Wildman–Crippen LogP) is 1.65. The molecule has 0 amide bonds. The molecule has 0 fully saturated rings. The third-order valence-electron chi connectivity index (χ3n) is 2.82. The van der Waals surface area contributed by atoms with Gasteiger partial charge in [0.1, 0.15) is 0 Å². The normalized spacial score (nSPS) is 10.3. The highest BCUT2D eigenvalue weighted by molar-refractivity contribution is 5.57. The highest BCUT2D eigenvalue weighted by atomic mass is 16.6. The van der Waals surface area contributed by atoms with E-state index in [0.717, 1.165) is 11.3 Å². The van der Waals surface area contributed by atoms with E-state index in [2.05, 4.69) is 15.4 Å². The van der Waals surface area contributed by atoms with Crippen LogP contribution in [0.2, 0.25) is 0 Å². The fourth-order valence-electron chi connectivity index (χ4n) is 1.83. The largest absolute Gasteiger partial charge is 0.481 e. The number of aryl methyl sites for hydroxylation is 2. The van der Waals surface area contributed by atoms with Crippen LogP contribution >= 0.6 is 0 Å². The van der Waals surface area contributed by atoms with Gasteiger partial charge < -0.3 is 10.1 Å². The molecule has 20 heavy (non-hydrogen) atoms. The fraction of sp³-hybridized carbons (Fsp3) is 0.333.